The van der Waals surface area contributed by atoms with Crippen LogP contribution in [0.3, 0.4) is 0 Å². The zero-order valence-electron chi connectivity index (χ0n) is 9.97. The fourth-order valence-corrected chi connectivity index (χ4v) is 1.30. The van der Waals surface area contributed by atoms with Crippen LogP contribution in [0.25, 0.3) is 0 Å². The Balaban J connectivity index is 2.75. The molecule has 0 saturated carbocycles. The summed E-state index contributed by atoms with van der Waals surface area (Å²) >= 11 is 0. The van der Waals surface area contributed by atoms with Crippen molar-refractivity contribution in [2.75, 3.05) is 6.54 Å². The molecule has 0 bridgehead atoms. The van der Waals surface area contributed by atoms with E-state index in [1.807, 2.05) is 25.7 Å². The zero-order chi connectivity index (χ0) is 12.2. The number of rotatable bonds is 4. The van der Waals surface area contributed by atoms with Gasteiger partial charge in [-0.25, -0.2) is 9.97 Å². The van der Waals surface area contributed by atoms with E-state index >= 15 is 0 Å². The molecule has 1 heterocycles. The van der Waals surface area contributed by atoms with E-state index in [9.17, 15) is 4.79 Å². The molecule has 1 aromatic heterocycles. The zero-order valence-corrected chi connectivity index (χ0v) is 9.97. The summed E-state index contributed by atoms with van der Waals surface area (Å²) in [5, 5.41) is 0. The minimum atomic E-state index is -0.342. The molecule has 16 heavy (non-hydrogen) atoms. The maximum absolute atomic E-state index is 11.0. The minimum absolute atomic E-state index is 0.145. The standard InChI is InChI=1S/C11H18N4O/c1-11(2,3)15(7-9(12)16)8-10-13-5-4-6-14-10/h4-6H,7-8H2,1-3H3,(H2,12,16). The van der Waals surface area contributed by atoms with Crippen LogP contribution in [-0.4, -0.2) is 32.9 Å². The molecular weight excluding hydrogens is 204 g/mol. The van der Waals surface area contributed by atoms with Crippen molar-refractivity contribution < 1.29 is 4.79 Å². The van der Waals surface area contributed by atoms with Crippen LogP contribution in [0.15, 0.2) is 18.5 Å². The van der Waals surface area contributed by atoms with Gasteiger partial charge < -0.3 is 5.73 Å². The van der Waals surface area contributed by atoms with E-state index in [0.29, 0.717) is 12.4 Å². The maximum atomic E-state index is 11.0. The number of hydrogen-bond donors (Lipinski definition) is 1. The molecule has 0 fully saturated rings. The Hall–Kier alpha value is -1.49. The number of nitrogens with zero attached hydrogens (tertiary/aromatic N) is 3. The predicted molar refractivity (Wildman–Crippen MR) is 61.4 cm³/mol. The number of aromatic nitrogens is 2. The third-order valence-electron chi connectivity index (χ3n) is 2.25. The van der Waals surface area contributed by atoms with Crippen LogP contribution in [0, 0.1) is 0 Å². The van der Waals surface area contributed by atoms with Crippen molar-refractivity contribution in [2.45, 2.75) is 32.9 Å². The summed E-state index contributed by atoms with van der Waals surface area (Å²) in [6.07, 6.45) is 3.38. The van der Waals surface area contributed by atoms with Gasteiger partial charge in [-0.05, 0) is 26.8 Å². The molecule has 88 valence electrons. The molecule has 2 N–H and O–H groups in total. The third kappa shape index (κ3) is 3.94. The Morgan fingerprint density at radius 2 is 1.94 bits per heavy atom. The number of nitrogens with two attached hydrogens (primary N) is 1. The number of primary amides is 1. The van der Waals surface area contributed by atoms with Crippen LogP contribution in [-0.2, 0) is 11.3 Å². The lowest BCUT2D eigenvalue weighted by Crippen LogP contribution is -2.45. The summed E-state index contributed by atoms with van der Waals surface area (Å²) in [6.45, 7) is 6.81. The van der Waals surface area contributed by atoms with E-state index in [0.717, 1.165) is 0 Å². The largest absolute Gasteiger partial charge is 0.369 e. The van der Waals surface area contributed by atoms with Crippen molar-refractivity contribution in [1.82, 2.24) is 14.9 Å². The van der Waals surface area contributed by atoms with Crippen LogP contribution in [0.4, 0.5) is 0 Å². The van der Waals surface area contributed by atoms with E-state index in [2.05, 4.69) is 9.97 Å². The molecule has 5 nitrogen and oxygen atoms in total. The fraction of sp³-hybridized carbons (Fsp3) is 0.545. The molecule has 0 spiro atoms. The Kier molecular flexibility index (Phi) is 3.95. The monoisotopic (exact) mass is 222 g/mol. The van der Waals surface area contributed by atoms with Crippen molar-refractivity contribution in [3.63, 3.8) is 0 Å². The minimum Gasteiger partial charge on any atom is -0.369 e. The van der Waals surface area contributed by atoms with Crippen molar-refractivity contribution >= 4 is 5.91 Å². The van der Waals surface area contributed by atoms with Crippen LogP contribution >= 0.6 is 0 Å². The van der Waals surface area contributed by atoms with Crippen molar-refractivity contribution in [3.05, 3.63) is 24.3 Å². The van der Waals surface area contributed by atoms with E-state index in [4.69, 9.17) is 5.73 Å². The lowest BCUT2D eigenvalue weighted by Gasteiger charge is -2.33. The van der Waals surface area contributed by atoms with Gasteiger partial charge in [0, 0.05) is 17.9 Å². The lowest BCUT2D eigenvalue weighted by atomic mass is 10.1. The van der Waals surface area contributed by atoms with Gasteiger partial charge in [0.2, 0.25) is 5.91 Å². The fourth-order valence-electron chi connectivity index (χ4n) is 1.30. The highest BCUT2D eigenvalue weighted by atomic mass is 16.1. The molecule has 1 amide bonds. The molecule has 5 heteroatoms. The second kappa shape index (κ2) is 5.03. The predicted octanol–water partition coefficient (Wildman–Crippen LogP) is 0.562. The molecule has 0 unspecified atom stereocenters. The first kappa shape index (κ1) is 12.6. The Morgan fingerprint density at radius 3 is 2.38 bits per heavy atom. The average Bonchev–Trinajstić information content (AvgIpc) is 2.16. The first-order chi connectivity index (χ1) is 7.39. The van der Waals surface area contributed by atoms with Crippen molar-refractivity contribution in [1.29, 1.82) is 0 Å². The molecule has 0 saturated heterocycles. The number of carbonyl (C=O) groups is 1. The Morgan fingerprint density at radius 1 is 1.38 bits per heavy atom. The van der Waals surface area contributed by atoms with E-state index in [-0.39, 0.29) is 18.0 Å². The SMILES string of the molecule is CC(C)(C)N(CC(N)=O)Cc1ncccn1. The second-order valence-corrected chi connectivity index (χ2v) is 4.66. The molecule has 1 aromatic rings. The summed E-state index contributed by atoms with van der Waals surface area (Å²) in [5.74, 6) is 0.351. The van der Waals surface area contributed by atoms with Gasteiger partial charge in [0.05, 0.1) is 13.1 Å². The van der Waals surface area contributed by atoms with Gasteiger partial charge >= 0.3 is 0 Å². The molecule has 1 rings (SSSR count). The van der Waals surface area contributed by atoms with Crippen molar-refractivity contribution in [2.24, 2.45) is 5.73 Å². The molecule has 0 aromatic carbocycles. The third-order valence-corrected chi connectivity index (χ3v) is 2.25. The summed E-state index contributed by atoms with van der Waals surface area (Å²) < 4.78 is 0. The summed E-state index contributed by atoms with van der Waals surface area (Å²) in [5.41, 5.74) is 5.08. The molecule has 0 aliphatic carbocycles. The number of carbonyl (C=O) groups excluding carboxylic acids is 1. The van der Waals surface area contributed by atoms with Crippen molar-refractivity contribution in [3.8, 4) is 0 Å². The smallest absolute Gasteiger partial charge is 0.231 e. The topological polar surface area (TPSA) is 72.1 Å². The molecule has 0 atom stereocenters. The Labute approximate surface area is 95.7 Å². The van der Waals surface area contributed by atoms with Gasteiger partial charge in [-0.15, -0.1) is 0 Å². The lowest BCUT2D eigenvalue weighted by molar-refractivity contribution is -0.120. The van der Waals surface area contributed by atoms with Crippen LogP contribution in [0.5, 0.6) is 0 Å². The quantitative estimate of drug-likeness (QED) is 0.808. The second-order valence-electron chi connectivity index (χ2n) is 4.66. The highest BCUT2D eigenvalue weighted by Gasteiger charge is 2.23. The van der Waals surface area contributed by atoms with Crippen LogP contribution in [0.1, 0.15) is 26.6 Å². The molecule has 0 radical (unpaired) electrons. The van der Waals surface area contributed by atoms with E-state index in [1.165, 1.54) is 0 Å². The van der Waals surface area contributed by atoms with Gasteiger partial charge in [-0.2, -0.15) is 0 Å². The average molecular weight is 222 g/mol. The molecule has 0 aliphatic rings. The molecular formula is C11H18N4O. The highest BCUT2D eigenvalue weighted by molar-refractivity contribution is 5.76. The van der Waals surface area contributed by atoms with E-state index in [1.54, 1.807) is 18.5 Å². The first-order valence-electron chi connectivity index (χ1n) is 5.19. The van der Waals surface area contributed by atoms with Gasteiger partial charge in [0.15, 0.2) is 0 Å². The Bertz CT molecular complexity index is 345. The van der Waals surface area contributed by atoms with Gasteiger partial charge in [0.1, 0.15) is 5.82 Å². The van der Waals surface area contributed by atoms with Gasteiger partial charge in [-0.3, -0.25) is 9.69 Å². The highest BCUT2D eigenvalue weighted by Crippen LogP contribution is 2.14. The summed E-state index contributed by atoms with van der Waals surface area (Å²) in [4.78, 5) is 21.2. The summed E-state index contributed by atoms with van der Waals surface area (Å²) in [6, 6.07) is 1.76. The number of amides is 1. The molecule has 0 aliphatic heterocycles. The first-order valence-corrected chi connectivity index (χ1v) is 5.19. The summed E-state index contributed by atoms with van der Waals surface area (Å²) in [7, 11) is 0. The maximum Gasteiger partial charge on any atom is 0.231 e. The normalized spacial score (nSPS) is 11.8. The van der Waals surface area contributed by atoms with Gasteiger partial charge in [-0.1, -0.05) is 0 Å². The van der Waals surface area contributed by atoms with Gasteiger partial charge in [0.25, 0.3) is 0 Å². The van der Waals surface area contributed by atoms with Crippen LogP contribution in [0.2, 0.25) is 0 Å². The van der Waals surface area contributed by atoms with Crippen LogP contribution < -0.4 is 5.73 Å². The number of hydrogen-bond acceptors (Lipinski definition) is 4. The van der Waals surface area contributed by atoms with E-state index < -0.39 is 0 Å².